The van der Waals surface area contributed by atoms with Crippen LogP contribution in [0.15, 0.2) is 28.7 Å². The number of hydrogen-bond donors (Lipinski definition) is 0. The van der Waals surface area contributed by atoms with Crippen molar-refractivity contribution in [1.82, 2.24) is 0 Å². The van der Waals surface area contributed by atoms with Crippen LogP contribution in [0.1, 0.15) is 29.8 Å². The first-order valence-corrected chi connectivity index (χ1v) is 7.43. The number of ketones is 3. The average molecular weight is 365 g/mol. The van der Waals surface area contributed by atoms with Crippen LogP contribution in [-0.4, -0.2) is 29.9 Å². The fraction of sp³-hybridized carbons (Fsp3) is 0.250. The van der Waals surface area contributed by atoms with E-state index >= 15 is 0 Å². The van der Waals surface area contributed by atoms with Gasteiger partial charge in [-0.3, -0.25) is 19.2 Å². The molecule has 0 aromatic heterocycles. The molecule has 0 bridgehead atoms. The number of benzene rings is 1. The molecule has 0 saturated carbocycles. The lowest BCUT2D eigenvalue weighted by Crippen LogP contribution is -2.30. The van der Waals surface area contributed by atoms with E-state index in [1.807, 2.05) is 0 Å². The van der Waals surface area contributed by atoms with Gasteiger partial charge in [0.05, 0.1) is 6.61 Å². The largest absolute Gasteiger partial charge is 0.465 e. The fourth-order valence-corrected chi connectivity index (χ4v) is 2.71. The molecule has 1 aromatic carbocycles. The van der Waals surface area contributed by atoms with Crippen LogP contribution in [0, 0.1) is 5.92 Å². The normalized spacial score (nSPS) is 15.0. The van der Waals surface area contributed by atoms with Crippen LogP contribution in [0.25, 0.3) is 5.57 Å². The molecule has 0 heterocycles. The van der Waals surface area contributed by atoms with Gasteiger partial charge >= 0.3 is 5.97 Å². The summed E-state index contributed by atoms with van der Waals surface area (Å²) < 4.78 is 5.59. The van der Waals surface area contributed by atoms with E-state index < -0.39 is 29.2 Å². The van der Waals surface area contributed by atoms with Gasteiger partial charge in [-0.25, -0.2) is 0 Å². The van der Waals surface area contributed by atoms with E-state index in [1.54, 1.807) is 19.1 Å². The smallest absolute Gasteiger partial charge is 0.321 e. The summed E-state index contributed by atoms with van der Waals surface area (Å²) in [5.74, 6) is -3.80. The Kier molecular flexibility index (Phi) is 4.71. The minimum Gasteiger partial charge on any atom is -0.465 e. The van der Waals surface area contributed by atoms with Gasteiger partial charge in [0.25, 0.3) is 0 Å². The highest BCUT2D eigenvalue weighted by Crippen LogP contribution is 2.34. The van der Waals surface area contributed by atoms with Crippen LogP contribution in [0.4, 0.5) is 0 Å². The first-order chi connectivity index (χ1) is 10.4. The zero-order valence-corrected chi connectivity index (χ0v) is 13.6. The number of allylic oxidation sites excluding steroid dienone is 1. The maximum atomic E-state index is 12.1. The number of halogens is 1. The van der Waals surface area contributed by atoms with Gasteiger partial charge in [-0.05, 0) is 49.3 Å². The standard InChI is InChI=1S/C16H13BrO5/c1-3-22-16(21)14(8(2)18)12-7-13(19)15(20)10-5-4-9(17)6-11(10)12/h4-7,14H,3H2,1-2H3/t14-/m0/s1. The topological polar surface area (TPSA) is 77.5 Å². The van der Waals surface area contributed by atoms with Crippen molar-refractivity contribution in [1.29, 1.82) is 0 Å². The Morgan fingerprint density at radius 3 is 2.50 bits per heavy atom. The Morgan fingerprint density at radius 1 is 1.23 bits per heavy atom. The first kappa shape index (κ1) is 16.3. The Bertz CT molecular complexity index is 717. The molecule has 0 fully saturated rings. The Balaban J connectivity index is 2.62. The van der Waals surface area contributed by atoms with Gasteiger partial charge in [-0.1, -0.05) is 15.9 Å². The molecule has 1 atom stereocenters. The summed E-state index contributed by atoms with van der Waals surface area (Å²) in [6.45, 7) is 3.00. The lowest BCUT2D eigenvalue weighted by atomic mass is 9.81. The van der Waals surface area contributed by atoms with E-state index in [1.165, 1.54) is 13.0 Å². The molecule has 1 aliphatic rings. The second kappa shape index (κ2) is 6.36. The van der Waals surface area contributed by atoms with E-state index in [9.17, 15) is 19.2 Å². The molecule has 2 rings (SSSR count). The van der Waals surface area contributed by atoms with E-state index in [2.05, 4.69) is 15.9 Å². The molecule has 0 unspecified atom stereocenters. The van der Waals surface area contributed by atoms with Gasteiger partial charge in [-0.2, -0.15) is 0 Å². The van der Waals surface area contributed by atoms with Gasteiger partial charge in [-0.15, -0.1) is 0 Å². The van der Waals surface area contributed by atoms with Crippen LogP contribution in [-0.2, 0) is 19.1 Å². The van der Waals surface area contributed by atoms with Crippen molar-refractivity contribution in [2.45, 2.75) is 13.8 Å². The number of rotatable bonds is 4. The summed E-state index contributed by atoms with van der Waals surface area (Å²) in [5.41, 5.74) is 0.778. The van der Waals surface area contributed by atoms with Gasteiger partial charge < -0.3 is 4.74 Å². The summed E-state index contributed by atoms with van der Waals surface area (Å²) in [4.78, 5) is 47.8. The van der Waals surface area contributed by atoms with Crippen molar-refractivity contribution in [3.8, 4) is 0 Å². The molecule has 114 valence electrons. The maximum Gasteiger partial charge on any atom is 0.321 e. The molecule has 5 nitrogen and oxygen atoms in total. The van der Waals surface area contributed by atoms with E-state index in [0.717, 1.165) is 6.08 Å². The SMILES string of the molecule is CCOC(=O)[C@@H](C(C)=O)C1=CC(=O)C(=O)c2ccc(Br)cc21. The van der Waals surface area contributed by atoms with Crippen molar-refractivity contribution in [3.05, 3.63) is 39.9 Å². The number of fused-ring (bicyclic) bond motifs is 1. The lowest BCUT2D eigenvalue weighted by Gasteiger charge is -2.21. The molecule has 1 aliphatic carbocycles. The minimum atomic E-state index is -1.22. The monoisotopic (exact) mass is 364 g/mol. The summed E-state index contributed by atoms with van der Waals surface area (Å²) in [6, 6.07) is 4.73. The number of Topliss-reactive ketones (excluding diaryl/α,β-unsaturated/α-hetero) is 2. The lowest BCUT2D eigenvalue weighted by molar-refractivity contribution is -0.148. The van der Waals surface area contributed by atoms with Gasteiger partial charge in [0.15, 0.2) is 0 Å². The number of esters is 1. The highest BCUT2D eigenvalue weighted by Gasteiger charge is 2.36. The maximum absolute atomic E-state index is 12.1. The molecular weight excluding hydrogens is 352 g/mol. The highest BCUT2D eigenvalue weighted by atomic mass is 79.9. The highest BCUT2D eigenvalue weighted by molar-refractivity contribution is 9.10. The molecule has 22 heavy (non-hydrogen) atoms. The third kappa shape index (κ3) is 2.92. The van der Waals surface area contributed by atoms with Crippen LogP contribution in [0.2, 0.25) is 0 Å². The number of hydrogen-bond acceptors (Lipinski definition) is 5. The number of carbonyl (C=O) groups is 4. The fourth-order valence-electron chi connectivity index (χ4n) is 2.35. The average Bonchev–Trinajstić information content (AvgIpc) is 2.44. The van der Waals surface area contributed by atoms with Crippen LogP contribution >= 0.6 is 15.9 Å². The third-order valence-corrected chi connectivity index (χ3v) is 3.78. The summed E-state index contributed by atoms with van der Waals surface area (Å²) in [7, 11) is 0. The Morgan fingerprint density at radius 2 is 1.91 bits per heavy atom. The summed E-state index contributed by atoms with van der Waals surface area (Å²) in [6.07, 6.45) is 1.06. The van der Waals surface area contributed by atoms with Gasteiger partial charge in [0.1, 0.15) is 11.7 Å². The zero-order chi connectivity index (χ0) is 16.4. The molecule has 0 radical (unpaired) electrons. The Hall–Kier alpha value is -2.08. The molecule has 6 heteroatoms. The van der Waals surface area contributed by atoms with Crippen LogP contribution in [0.5, 0.6) is 0 Å². The second-order valence-electron chi connectivity index (χ2n) is 4.78. The van der Waals surface area contributed by atoms with E-state index in [4.69, 9.17) is 4.74 Å². The third-order valence-electron chi connectivity index (χ3n) is 3.29. The van der Waals surface area contributed by atoms with Crippen molar-refractivity contribution in [3.63, 3.8) is 0 Å². The quantitative estimate of drug-likeness (QED) is 0.465. The van der Waals surface area contributed by atoms with Crippen LogP contribution < -0.4 is 0 Å². The van der Waals surface area contributed by atoms with Crippen molar-refractivity contribution >= 4 is 44.8 Å². The Labute approximate surface area is 135 Å². The molecule has 0 aliphatic heterocycles. The van der Waals surface area contributed by atoms with Gasteiger partial charge in [0, 0.05) is 10.0 Å². The molecule has 0 N–H and O–H groups in total. The minimum absolute atomic E-state index is 0.119. The van der Waals surface area contributed by atoms with E-state index in [-0.39, 0.29) is 17.7 Å². The number of ether oxygens (including phenoxy) is 1. The van der Waals surface area contributed by atoms with Crippen molar-refractivity contribution in [2.24, 2.45) is 5.92 Å². The summed E-state index contributed by atoms with van der Waals surface area (Å²) in [5, 5.41) is 0. The molecule has 0 spiro atoms. The second-order valence-corrected chi connectivity index (χ2v) is 5.69. The van der Waals surface area contributed by atoms with E-state index in [0.29, 0.717) is 10.0 Å². The van der Waals surface area contributed by atoms with Crippen molar-refractivity contribution < 1.29 is 23.9 Å². The zero-order valence-electron chi connectivity index (χ0n) is 12.0. The predicted molar refractivity (Wildman–Crippen MR) is 82.3 cm³/mol. The predicted octanol–water partition coefficient (Wildman–Crippen LogP) is 2.37. The molecule has 1 aromatic rings. The van der Waals surface area contributed by atoms with Crippen LogP contribution in [0.3, 0.4) is 0 Å². The molecular formula is C16H13BrO5. The number of carbonyl (C=O) groups excluding carboxylic acids is 4. The molecule has 0 saturated heterocycles. The first-order valence-electron chi connectivity index (χ1n) is 6.64. The van der Waals surface area contributed by atoms with Crippen molar-refractivity contribution in [2.75, 3.05) is 6.61 Å². The van der Waals surface area contributed by atoms with Gasteiger partial charge in [0.2, 0.25) is 11.6 Å². The summed E-state index contributed by atoms with van der Waals surface area (Å²) >= 11 is 3.28. The molecule has 0 amide bonds.